The van der Waals surface area contributed by atoms with Gasteiger partial charge >= 0.3 is 0 Å². The van der Waals surface area contributed by atoms with Crippen molar-refractivity contribution in [3.05, 3.63) is 20.8 Å². The number of Topliss-reactive ketones (excluding diaryl/α,β-unsaturated/α-hetero) is 1. The van der Waals surface area contributed by atoms with Crippen LogP contribution in [0.25, 0.3) is 10.2 Å². The molecule has 0 bridgehead atoms. The highest BCUT2D eigenvalue weighted by molar-refractivity contribution is 7.99. The van der Waals surface area contributed by atoms with Crippen LogP contribution >= 0.6 is 23.1 Å². The highest BCUT2D eigenvalue weighted by Gasteiger charge is 2.16. The number of nitrogens with one attached hydrogen (secondary N) is 1. The van der Waals surface area contributed by atoms with Crippen molar-refractivity contribution in [1.82, 2.24) is 9.97 Å². The van der Waals surface area contributed by atoms with Gasteiger partial charge in [-0.05, 0) is 19.4 Å². The minimum absolute atomic E-state index is 0.0400. The first kappa shape index (κ1) is 13.8. The number of carbonyl (C=O) groups excluding carboxylic acids is 2. The molecule has 1 amide bonds. The van der Waals surface area contributed by atoms with Gasteiger partial charge in [0.05, 0.1) is 16.0 Å². The second-order valence-corrected chi connectivity index (χ2v) is 5.88. The first-order chi connectivity index (χ1) is 8.90. The summed E-state index contributed by atoms with van der Waals surface area (Å²) in [5.74, 6) is -0.538. The van der Waals surface area contributed by atoms with Gasteiger partial charge in [-0.25, -0.2) is 4.98 Å². The summed E-state index contributed by atoms with van der Waals surface area (Å²) in [6.45, 7) is 3.18. The van der Waals surface area contributed by atoms with Gasteiger partial charge in [-0.2, -0.15) is 0 Å². The van der Waals surface area contributed by atoms with Gasteiger partial charge in [0, 0.05) is 0 Å². The number of hydrogen-bond acceptors (Lipinski definition) is 6. The zero-order valence-corrected chi connectivity index (χ0v) is 11.9. The minimum atomic E-state index is -0.487. The number of aromatic nitrogens is 2. The number of nitrogens with two attached hydrogens (primary N) is 1. The molecule has 0 aliphatic rings. The summed E-state index contributed by atoms with van der Waals surface area (Å²) < 4.78 is 0. The van der Waals surface area contributed by atoms with Crippen LogP contribution in [0.1, 0.15) is 22.2 Å². The summed E-state index contributed by atoms with van der Waals surface area (Å²) in [5, 5.41) is 0.756. The molecule has 2 aromatic heterocycles. The Labute approximate surface area is 116 Å². The van der Waals surface area contributed by atoms with Gasteiger partial charge < -0.3 is 10.7 Å². The first-order valence-corrected chi connectivity index (χ1v) is 7.15. The fraction of sp³-hybridized carbons (Fsp3) is 0.273. The van der Waals surface area contributed by atoms with Crippen LogP contribution in [0.4, 0.5) is 0 Å². The number of H-pyrrole nitrogens is 1. The van der Waals surface area contributed by atoms with E-state index in [4.69, 9.17) is 5.73 Å². The Kier molecular flexibility index (Phi) is 3.72. The van der Waals surface area contributed by atoms with E-state index in [2.05, 4.69) is 9.97 Å². The number of thioether (sulfide) groups is 1. The van der Waals surface area contributed by atoms with Crippen LogP contribution in [-0.4, -0.2) is 27.4 Å². The van der Waals surface area contributed by atoms with E-state index in [1.807, 2.05) is 0 Å². The van der Waals surface area contributed by atoms with E-state index in [-0.39, 0.29) is 17.1 Å². The SMILES string of the molecule is CC(=O)c1sc2nc(SCC(N)=O)[nH]c(=O)c2c1C. The highest BCUT2D eigenvalue weighted by Crippen LogP contribution is 2.28. The van der Waals surface area contributed by atoms with Crippen LogP contribution in [-0.2, 0) is 4.79 Å². The zero-order valence-electron chi connectivity index (χ0n) is 10.3. The van der Waals surface area contributed by atoms with Crippen molar-refractivity contribution in [3.63, 3.8) is 0 Å². The Morgan fingerprint density at radius 3 is 2.74 bits per heavy atom. The first-order valence-electron chi connectivity index (χ1n) is 5.35. The van der Waals surface area contributed by atoms with Crippen LogP contribution in [0, 0.1) is 6.92 Å². The molecule has 19 heavy (non-hydrogen) atoms. The summed E-state index contributed by atoms with van der Waals surface area (Å²) in [5.41, 5.74) is 5.38. The molecule has 6 nitrogen and oxygen atoms in total. The average molecular weight is 297 g/mol. The predicted molar refractivity (Wildman–Crippen MR) is 74.9 cm³/mol. The Morgan fingerprint density at radius 1 is 1.47 bits per heavy atom. The zero-order chi connectivity index (χ0) is 14.2. The Balaban J connectivity index is 2.55. The van der Waals surface area contributed by atoms with E-state index in [1.165, 1.54) is 18.3 Å². The maximum Gasteiger partial charge on any atom is 0.260 e. The van der Waals surface area contributed by atoms with E-state index in [1.54, 1.807) is 6.92 Å². The fourth-order valence-corrected chi connectivity index (χ4v) is 3.40. The number of thiophene rings is 1. The lowest BCUT2D eigenvalue weighted by atomic mass is 10.2. The summed E-state index contributed by atoms with van der Waals surface area (Å²) in [6, 6.07) is 0. The van der Waals surface area contributed by atoms with Crippen molar-refractivity contribution in [2.45, 2.75) is 19.0 Å². The van der Waals surface area contributed by atoms with Crippen molar-refractivity contribution >= 4 is 45.0 Å². The molecule has 0 atom stereocenters. The van der Waals surface area contributed by atoms with Crippen molar-refractivity contribution in [2.75, 3.05) is 5.75 Å². The molecule has 0 spiro atoms. The third-order valence-electron chi connectivity index (χ3n) is 2.45. The number of amides is 1. The van der Waals surface area contributed by atoms with Crippen molar-refractivity contribution in [2.24, 2.45) is 5.73 Å². The Bertz CT molecular complexity index is 733. The van der Waals surface area contributed by atoms with Crippen LogP contribution in [0.2, 0.25) is 0 Å². The monoisotopic (exact) mass is 297 g/mol. The van der Waals surface area contributed by atoms with E-state index in [0.29, 0.717) is 25.8 Å². The Morgan fingerprint density at radius 2 is 2.16 bits per heavy atom. The number of nitrogens with zero attached hydrogens (tertiary/aromatic N) is 1. The molecule has 8 heteroatoms. The second-order valence-electron chi connectivity index (χ2n) is 3.92. The highest BCUT2D eigenvalue weighted by atomic mass is 32.2. The molecule has 0 radical (unpaired) electrons. The summed E-state index contributed by atoms with van der Waals surface area (Å²) >= 11 is 2.25. The molecule has 2 rings (SSSR count). The maximum atomic E-state index is 12.0. The average Bonchev–Trinajstić information content (AvgIpc) is 2.64. The number of rotatable bonds is 4. The second kappa shape index (κ2) is 5.14. The molecule has 0 saturated carbocycles. The molecule has 0 fully saturated rings. The number of fused-ring (bicyclic) bond motifs is 1. The lowest BCUT2D eigenvalue weighted by Gasteiger charge is -1.98. The summed E-state index contributed by atoms with van der Waals surface area (Å²) in [7, 11) is 0. The summed E-state index contributed by atoms with van der Waals surface area (Å²) in [4.78, 5) is 42.0. The number of carbonyl (C=O) groups is 2. The number of hydrogen-bond donors (Lipinski definition) is 2. The van der Waals surface area contributed by atoms with Crippen LogP contribution in [0.3, 0.4) is 0 Å². The lowest BCUT2D eigenvalue weighted by Crippen LogP contribution is -2.15. The van der Waals surface area contributed by atoms with E-state index in [9.17, 15) is 14.4 Å². The molecule has 2 heterocycles. The van der Waals surface area contributed by atoms with Crippen molar-refractivity contribution in [1.29, 1.82) is 0 Å². The normalized spacial score (nSPS) is 10.8. The summed E-state index contributed by atoms with van der Waals surface area (Å²) in [6.07, 6.45) is 0. The third kappa shape index (κ3) is 2.69. The number of aromatic amines is 1. The van der Waals surface area contributed by atoms with Gasteiger partial charge in [0.25, 0.3) is 5.56 Å². The minimum Gasteiger partial charge on any atom is -0.369 e. The van der Waals surface area contributed by atoms with Crippen molar-refractivity contribution in [3.8, 4) is 0 Å². The number of primary amides is 1. The van der Waals surface area contributed by atoms with Gasteiger partial charge in [0.15, 0.2) is 10.9 Å². The largest absolute Gasteiger partial charge is 0.369 e. The molecule has 100 valence electrons. The molecule has 0 aliphatic carbocycles. The quantitative estimate of drug-likeness (QED) is 0.499. The van der Waals surface area contributed by atoms with E-state index in [0.717, 1.165) is 11.8 Å². The van der Waals surface area contributed by atoms with Gasteiger partial charge in [0.1, 0.15) is 4.83 Å². The molecule has 0 saturated heterocycles. The Hall–Kier alpha value is -1.67. The number of aryl methyl sites for hydroxylation is 1. The molecule has 3 N–H and O–H groups in total. The smallest absolute Gasteiger partial charge is 0.260 e. The van der Waals surface area contributed by atoms with E-state index < -0.39 is 5.91 Å². The standard InChI is InChI=1S/C11H11N3O3S2/c1-4-7-9(17)13-11(18-3-6(12)16)14-10(7)19-8(4)5(2)15/h3H2,1-2H3,(H2,12,16)(H,13,14,17). The third-order valence-corrected chi connectivity index (χ3v) is 4.63. The van der Waals surface area contributed by atoms with Gasteiger partial charge in [-0.15, -0.1) is 11.3 Å². The van der Waals surface area contributed by atoms with Crippen LogP contribution in [0.5, 0.6) is 0 Å². The molecule has 2 aromatic rings. The van der Waals surface area contributed by atoms with Crippen LogP contribution < -0.4 is 11.3 Å². The molecular formula is C11H11N3O3S2. The topological polar surface area (TPSA) is 106 Å². The van der Waals surface area contributed by atoms with E-state index >= 15 is 0 Å². The lowest BCUT2D eigenvalue weighted by molar-refractivity contribution is -0.115. The maximum absolute atomic E-state index is 12.0. The van der Waals surface area contributed by atoms with Gasteiger partial charge in [-0.3, -0.25) is 14.4 Å². The van der Waals surface area contributed by atoms with Crippen LogP contribution in [0.15, 0.2) is 9.95 Å². The molecular weight excluding hydrogens is 286 g/mol. The number of ketones is 1. The molecule has 0 unspecified atom stereocenters. The van der Waals surface area contributed by atoms with Gasteiger partial charge in [-0.1, -0.05) is 11.8 Å². The molecule has 0 aromatic carbocycles. The molecule has 0 aliphatic heterocycles. The van der Waals surface area contributed by atoms with Gasteiger partial charge in [0.2, 0.25) is 5.91 Å². The fourth-order valence-electron chi connectivity index (χ4n) is 1.67. The van der Waals surface area contributed by atoms with Crippen molar-refractivity contribution < 1.29 is 9.59 Å². The predicted octanol–water partition coefficient (Wildman–Crippen LogP) is 1.07.